The van der Waals surface area contributed by atoms with E-state index in [4.69, 9.17) is 0 Å². The van der Waals surface area contributed by atoms with Gasteiger partial charge in [-0.25, -0.2) is 0 Å². The number of unbranched alkanes of at least 4 members (excludes halogenated alkanes) is 5. The third kappa shape index (κ3) is 10.3. The molecule has 0 atom stereocenters. The van der Waals surface area contributed by atoms with Crippen LogP contribution in [0.1, 0.15) is 91.4 Å². The van der Waals surface area contributed by atoms with E-state index in [-0.39, 0.29) is 0 Å². The minimum absolute atomic E-state index is 1.04. The van der Waals surface area contributed by atoms with Crippen molar-refractivity contribution in [1.82, 2.24) is 0 Å². The highest BCUT2D eigenvalue weighted by Crippen LogP contribution is 2.22. The van der Waals surface area contributed by atoms with Gasteiger partial charge >= 0.3 is 0 Å². The van der Waals surface area contributed by atoms with Crippen LogP contribution in [0.4, 0.5) is 0 Å². The lowest BCUT2D eigenvalue weighted by Crippen LogP contribution is -2.00. The molecule has 0 heteroatoms. The van der Waals surface area contributed by atoms with Crippen molar-refractivity contribution in [3.8, 4) is 0 Å². The first-order valence-electron chi connectivity index (χ1n) is 7.35. The van der Waals surface area contributed by atoms with Gasteiger partial charge in [-0.05, 0) is 5.92 Å². The quantitative estimate of drug-likeness (QED) is 0.371. The van der Waals surface area contributed by atoms with E-state index in [9.17, 15) is 0 Å². The molecule has 0 unspecified atom stereocenters. The van der Waals surface area contributed by atoms with E-state index < -0.39 is 0 Å². The number of rotatable bonds is 11. The van der Waals surface area contributed by atoms with E-state index in [1.807, 2.05) is 0 Å². The predicted molar refractivity (Wildman–Crippen MR) is 71.3 cm³/mol. The van der Waals surface area contributed by atoms with Crippen LogP contribution in [-0.2, 0) is 0 Å². The van der Waals surface area contributed by atoms with Gasteiger partial charge < -0.3 is 0 Å². The van der Waals surface area contributed by atoms with Crippen molar-refractivity contribution < 1.29 is 0 Å². The zero-order chi connectivity index (χ0) is 11.4. The fourth-order valence-corrected chi connectivity index (χ4v) is 2.28. The molecule has 0 N–H and O–H groups in total. The molecule has 0 rings (SSSR count). The molecule has 0 aliphatic carbocycles. The Bertz CT molecular complexity index is 98.6. The normalized spacial score (nSPS) is 11.2. The molecular weight excluding hydrogens is 180 g/mol. The molecule has 0 fully saturated rings. The Morgan fingerprint density at radius 2 is 1.00 bits per heavy atom. The first-order valence-corrected chi connectivity index (χ1v) is 7.35. The number of hydrogen-bond acceptors (Lipinski definition) is 0. The lowest BCUT2D eigenvalue weighted by Gasteiger charge is -2.15. The fourth-order valence-electron chi connectivity index (χ4n) is 2.28. The minimum Gasteiger partial charge on any atom is -0.0654 e. The molecule has 92 valence electrons. The highest BCUT2D eigenvalue weighted by atomic mass is 14.1. The SMILES string of the molecule is CCCCCCC(CCCC)CCCC. The molecule has 0 nitrogen and oxygen atoms in total. The molecule has 0 aromatic rings. The van der Waals surface area contributed by atoms with E-state index in [0.717, 1.165) is 5.92 Å². The van der Waals surface area contributed by atoms with Crippen molar-refractivity contribution in [3.05, 3.63) is 0 Å². The van der Waals surface area contributed by atoms with Gasteiger partial charge in [0, 0.05) is 0 Å². The maximum absolute atomic E-state index is 2.31. The van der Waals surface area contributed by atoms with Crippen molar-refractivity contribution in [2.75, 3.05) is 0 Å². The smallest absolute Gasteiger partial charge is 0.0414 e. The van der Waals surface area contributed by atoms with Crippen LogP contribution >= 0.6 is 0 Å². The summed E-state index contributed by atoms with van der Waals surface area (Å²) in [5, 5.41) is 0. The first kappa shape index (κ1) is 15.0. The molecule has 0 amide bonds. The standard InChI is InChI=1S/C15H32/c1-4-7-10-11-14-15(12-8-5-2)13-9-6-3/h15H,4-14H2,1-3H3. The molecule has 0 aliphatic heterocycles. The van der Waals surface area contributed by atoms with Crippen LogP contribution in [0.25, 0.3) is 0 Å². The molecule has 0 aromatic heterocycles. The summed E-state index contributed by atoms with van der Waals surface area (Å²) >= 11 is 0. The fraction of sp³-hybridized carbons (Fsp3) is 1.00. The van der Waals surface area contributed by atoms with Gasteiger partial charge in [0.1, 0.15) is 0 Å². The summed E-state index contributed by atoms with van der Waals surface area (Å²) < 4.78 is 0. The molecule has 0 aliphatic rings. The summed E-state index contributed by atoms with van der Waals surface area (Å²) in [4.78, 5) is 0. The van der Waals surface area contributed by atoms with Crippen LogP contribution in [0, 0.1) is 5.92 Å². The second-order valence-corrected chi connectivity index (χ2v) is 5.00. The van der Waals surface area contributed by atoms with Gasteiger partial charge in [0.15, 0.2) is 0 Å². The summed E-state index contributed by atoms with van der Waals surface area (Å²) in [6.07, 6.45) is 15.9. The predicted octanol–water partition coefficient (Wildman–Crippen LogP) is 5.95. The van der Waals surface area contributed by atoms with Crippen LogP contribution in [0.2, 0.25) is 0 Å². The molecule has 15 heavy (non-hydrogen) atoms. The van der Waals surface area contributed by atoms with E-state index in [1.165, 1.54) is 70.6 Å². The van der Waals surface area contributed by atoms with Gasteiger partial charge in [-0.1, -0.05) is 91.4 Å². The molecule has 0 heterocycles. The topological polar surface area (TPSA) is 0 Å². The van der Waals surface area contributed by atoms with Crippen LogP contribution in [0.5, 0.6) is 0 Å². The van der Waals surface area contributed by atoms with Crippen molar-refractivity contribution in [2.24, 2.45) is 5.92 Å². The van der Waals surface area contributed by atoms with Gasteiger partial charge in [0.05, 0.1) is 0 Å². The average Bonchev–Trinajstić information content (AvgIpc) is 2.27. The zero-order valence-electron chi connectivity index (χ0n) is 11.4. The monoisotopic (exact) mass is 212 g/mol. The molecule has 0 spiro atoms. The first-order chi connectivity index (χ1) is 7.35. The summed E-state index contributed by atoms with van der Waals surface area (Å²) in [7, 11) is 0. The van der Waals surface area contributed by atoms with Gasteiger partial charge in [-0.2, -0.15) is 0 Å². The second kappa shape index (κ2) is 12.1. The van der Waals surface area contributed by atoms with Gasteiger partial charge in [0.25, 0.3) is 0 Å². The molecule has 0 radical (unpaired) electrons. The summed E-state index contributed by atoms with van der Waals surface area (Å²) in [5.41, 5.74) is 0. The maximum Gasteiger partial charge on any atom is -0.0414 e. The lowest BCUT2D eigenvalue weighted by molar-refractivity contribution is 0.377. The maximum atomic E-state index is 2.31. The van der Waals surface area contributed by atoms with Crippen molar-refractivity contribution in [2.45, 2.75) is 91.4 Å². The van der Waals surface area contributed by atoms with E-state index in [0.29, 0.717) is 0 Å². The highest BCUT2D eigenvalue weighted by Gasteiger charge is 2.07. The molecule has 0 saturated heterocycles. The lowest BCUT2D eigenvalue weighted by atomic mass is 9.91. The van der Waals surface area contributed by atoms with Gasteiger partial charge in [-0.3, -0.25) is 0 Å². The van der Waals surface area contributed by atoms with Crippen LogP contribution in [0.15, 0.2) is 0 Å². The highest BCUT2D eigenvalue weighted by molar-refractivity contribution is 4.60. The minimum atomic E-state index is 1.04. The Balaban J connectivity index is 3.49. The second-order valence-electron chi connectivity index (χ2n) is 5.00. The van der Waals surface area contributed by atoms with Crippen LogP contribution in [-0.4, -0.2) is 0 Å². The van der Waals surface area contributed by atoms with E-state index >= 15 is 0 Å². The van der Waals surface area contributed by atoms with Crippen LogP contribution < -0.4 is 0 Å². The van der Waals surface area contributed by atoms with Gasteiger partial charge in [-0.15, -0.1) is 0 Å². The largest absolute Gasteiger partial charge is 0.0654 e. The average molecular weight is 212 g/mol. The van der Waals surface area contributed by atoms with Crippen molar-refractivity contribution in [1.29, 1.82) is 0 Å². The number of hydrogen-bond donors (Lipinski definition) is 0. The zero-order valence-corrected chi connectivity index (χ0v) is 11.4. The van der Waals surface area contributed by atoms with Crippen LogP contribution in [0.3, 0.4) is 0 Å². The van der Waals surface area contributed by atoms with E-state index in [2.05, 4.69) is 20.8 Å². The Morgan fingerprint density at radius 3 is 1.47 bits per heavy atom. The third-order valence-electron chi connectivity index (χ3n) is 3.40. The Labute approximate surface area is 97.8 Å². The summed E-state index contributed by atoms with van der Waals surface area (Å²) in [6.45, 7) is 6.92. The Kier molecular flexibility index (Phi) is 12.1. The molecule has 0 saturated carbocycles. The summed E-state index contributed by atoms with van der Waals surface area (Å²) in [6, 6.07) is 0. The molecule has 0 aromatic carbocycles. The van der Waals surface area contributed by atoms with E-state index in [1.54, 1.807) is 0 Å². The summed E-state index contributed by atoms with van der Waals surface area (Å²) in [5.74, 6) is 1.04. The molecular formula is C15H32. The van der Waals surface area contributed by atoms with Crippen molar-refractivity contribution >= 4 is 0 Å². The Hall–Kier alpha value is 0. The third-order valence-corrected chi connectivity index (χ3v) is 3.40. The molecule has 0 bridgehead atoms. The van der Waals surface area contributed by atoms with Gasteiger partial charge in [0.2, 0.25) is 0 Å². The van der Waals surface area contributed by atoms with Crippen molar-refractivity contribution in [3.63, 3.8) is 0 Å². The Morgan fingerprint density at radius 1 is 0.533 bits per heavy atom.